The molecule has 0 aliphatic heterocycles. The number of hydrogen-bond acceptors (Lipinski definition) is 4. The number of rotatable bonds is 6. The second-order valence-electron chi connectivity index (χ2n) is 6.27. The SMILES string of the molecule is CNCc1ccc(N(C)CC2(N(C)C)CCC2)nc1C. The molecule has 1 fully saturated rings. The zero-order chi connectivity index (χ0) is 14.8. The van der Waals surface area contributed by atoms with Crippen LogP contribution in [0, 0.1) is 6.92 Å². The summed E-state index contributed by atoms with van der Waals surface area (Å²) in [5.74, 6) is 1.08. The summed E-state index contributed by atoms with van der Waals surface area (Å²) in [7, 11) is 8.52. The molecule has 0 unspecified atom stereocenters. The smallest absolute Gasteiger partial charge is 0.128 e. The summed E-state index contributed by atoms with van der Waals surface area (Å²) in [5, 5.41) is 3.18. The Bertz CT molecular complexity index is 452. The molecule has 0 atom stereocenters. The minimum atomic E-state index is 0.341. The van der Waals surface area contributed by atoms with Crippen molar-refractivity contribution in [2.24, 2.45) is 0 Å². The van der Waals surface area contributed by atoms with Gasteiger partial charge in [0.15, 0.2) is 0 Å². The van der Waals surface area contributed by atoms with E-state index in [1.165, 1.54) is 24.8 Å². The van der Waals surface area contributed by atoms with Crippen LogP contribution in [0.2, 0.25) is 0 Å². The maximum Gasteiger partial charge on any atom is 0.128 e. The largest absolute Gasteiger partial charge is 0.358 e. The van der Waals surface area contributed by atoms with E-state index in [1.54, 1.807) is 0 Å². The van der Waals surface area contributed by atoms with Gasteiger partial charge in [0.05, 0.1) is 0 Å². The van der Waals surface area contributed by atoms with Gasteiger partial charge >= 0.3 is 0 Å². The average Bonchev–Trinajstić information content (AvgIpc) is 2.35. The van der Waals surface area contributed by atoms with E-state index in [-0.39, 0.29) is 0 Å². The van der Waals surface area contributed by atoms with E-state index < -0.39 is 0 Å². The van der Waals surface area contributed by atoms with Crippen LogP contribution in [0.5, 0.6) is 0 Å². The van der Waals surface area contributed by atoms with Crippen molar-refractivity contribution in [2.45, 2.75) is 38.3 Å². The van der Waals surface area contributed by atoms with Crippen LogP contribution in [0.3, 0.4) is 0 Å². The first-order chi connectivity index (χ1) is 9.48. The van der Waals surface area contributed by atoms with E-state index in [0.29, 0.717) is 5.54 Å². The zero-order valence-electron chi connectivity index (χ0n) is 13.5. The number of nitrogens with zero attached hydrogens (tertiary/aromatic N) is 3. The van der Waals surface area contributed by atoms with Crippen molar-refractivity contribution in [3.05, 3.63) is 23.4 Å². The van der Waals surface area contributed by atoms with Crippen LogP contribution < -0.4 is 10.2 Å². The predicted octanol–water partition coefficient (Wildman–Crippen LogP) is 2.03. The molecule has 4 heteroatoms. The van der Waals surface area contributed by atoms with E-state index in [0.717, 1.165) is 24.6 Å². The number of nitrogens with one attached hydrogen (secondary N) is 1. The van der Waals surface area contributed by atoms with E-state index in [1.807, 2.05) is 7.05 Å². The zero-order valence-corrected chi connectivity index (χ0v) is 13.5. The third kappa shape index (κ3) is 2.96. The van der Waals surface area contributed by atoms with Gasteiger partial charge in [0.1, 0.15) is 5.82 Å². The number of likely N-dealkylation sites (N-methyl/N-ethyl adjacent to an activating group) is 2. The Morgan fingerprint density at radius 1 is 1.25 bits per heavy atom. The highest BCUT2D eigenvalue weighted by molar-refractivity contribution is 5.41. The molecule has 0 amide bonds. The first-order valence-electron chi connectivity index (χ1n) is 7.48. The molecule has 1 saturated carbocycles. The fourth-order valence-electron chi connectivity index (χ4n) is 3.02. The highest BCUT2D eigenvalue weighted by atomic mass is 15.2. The normalized spacial score (nSPS) is 17.1. The van der Waals surface area contributed by atoms with Gasteiger partial charge in [0, 0.05) is 31.4 Å². The summed E-state index contributed by atoms with van der Waals surface area (Å²) in [6, 6.07) is 4.33. The molecule has 20 heavy (non-hydrogen) atoms. The van der Waals surface area contributed by atoms with Crippen LogP contribution in [0.4, 0.5) is 5.82 Å². The first-order valence-corrected chi connectivity index (χ1v) is 7.48. The molecule has 1 aliphatic rings. The van der Waals surface area contributed by atoms with E-state index >= 15 is 0 Å². The van der Waals surface area contributed by atoms with Crippen molar-refractivity contribution in [1.29, 1.82) is 0 Å². The van der Waals surface area contributed by atoms with E-state index in [9.17, 15) is 0 Å². The van der Waals surface area contributed by atoms with Crippen molar-refractivity contribution in [3.63, 3.8) is 0 Å². The Morgan fingerprint density at radius 3 is 2.40 bits per heavy atom. The molecule has 0 saturated heterocycles. The minimum absolute atomic E-state index is 0.341. The van der Waals surface area contributed by atoms with Crippen molar-refractivity contribution in [1.82, 2.24) is 15.2 Å². The summed E-state index contributed by atoms with van der Waals surface area (Å²) >= 11 is 0. The molecule has 0 spiro atoms. The van der Waals surface area contributed by atoms with Gasteiger partial charge in [-0.3, -0.25) is 0 Å². The number of pyridine rings is 1. The topological polar surface area (TPSA) is 31.4 Å². The van der Waals surface area contributed by atoms with Gasteiger partial charge in [0.25, 0.3) is 0 Å². The van der Waals surface area contributed by atoms with Crippen LogP contribution in [-0.2, 0) is 6.54 Å². The molecule has 0 aromatic carbocycles. The van der Waals surface area contributed by atoms with Gasteiger partial charge in [0.2, 0.25) is 0 Å². The quantitative estimate of drug-likeness (QED) is 0.861. The second-order valence-corrected chi connectivity index (χ2v) is 6.27. The molecular weight excluding hydrogens is 248 g/mol. The standard InChI is InChI=1S/C16H28N4/c1-13-14(11-17-2)7-8-15(18-13)20(5)12-16(19(3)4)9-6-10-16/h7-8,17H,6,9-12H2,1-5H3. The van der Waals surface area contributed by atoms with Crippen LogP contribution in [0.1, 0.15) is 30.5 Å². The molecule has 1 aromatic rings. The molecule has 0 bridgehead atoms. The molecule has 112 valence electrons. The Labute approximate surface area is 123 Å². The van der Waals surface area contributed by atoms with Gasteiger partial charge in [-0.15, -0.1) is 0 Å². The molecule has 4 nitrogen and oxygen atoms in total. The number of anilines is 1. The maximum absolute atomic E-state index is 4.76. The van der Waals surface area contributed by atoms with Crippen molar-refractivity contribution in [3.8, 4) is 0 Å². The Kier molecular flexibility index (Phi) is 4.66. The average molecular weight is 276 g/mol. The van der Waals surface area contributed by atoms with Crippen molar-refractivity contribution in [2.75, 3.05) is 39.6 Å². The number of aryl methyl sites for hydroxylation is 1. The van der Waals surface area contributed by atoms with E-state index in [4.69, 9.17) is 4.98 Å². The molecule has 1 heterocycles. The second kappa shape index (κ2) is 6.10. The molecule has 2 rings (SSSR count). The fourth-order valence-corrected chi connectivity index (χ4v) is 3.02. The van der Waals surface area contributed by atoms with E-state index in [2.05, 4.69) is 55.3 Å². The molecule has 1 aliphatic carbocycles. The monoisotopic (exact) mass is 276 g/mol. The first kappa shape index (κ1) is 15.3. The molecule has 1 aromatic heterocycles. The lowest BCUT2D eigenvalue weighted by atomic mass is 9.75. The highest BCUT2D eigenvalue weighted by Gasteiger charge is 2.40. The lowest BCUT2D eigenvalue weighted by Gasteiger charge is -2.49. The van der Waals surface area contributed by atoms with Gasteiger partial charge in [-0.1, -0.05) is 6.07 Å². The summed E-state index contributed by atoms with van der Waals surface area (Å²) < 4.78 is 0. The lowest BCUT2D eigenvalue weighted by molar-refractivity contribution is 0.0682. The minimum Gasteiger partial charge on any atom is -0.358 e. The predicted molar refractivity (Wildman–Crippen MR) is 85.3 cm³/mol. The maximum atomic E-state index is 4.76. The van der Waals surface area contributed by atoms with Crippen LogP contribution >= 0.6 is 0 Å². The van der Waals surface area contributed by atoms with Gasteiger partial charge < -0.3 is 15.1 Å². The third-order valence-electron chi connectivity index (χ3n) is 4.70. The number of aromatic nitrogens is 1. The fraction of sp³-hybridized carbons (Fsp3) is 0.688. The van der Waals surface area contributed by atoms with Gasteiger partial charge in [-0.2, -0.15) is 0 Å². The number of hydrogen-bond donors (Lipinski definition) is 1. The highest BCUT2D eigenvalue weighted by Crippen LogP contribution is 2.37. The van der Waals surface area contributed by atoms with Crippen molar-refractivity contribution < 1.29 is 0 Å². The van der Waals surface area contributed by atoms with Crippen LogP contribution in [-0.4, -0.2) is 50.2 Å². The summed E-state index contributed by atoms with van der Waals surface area (Å²) in [5.41, 5.74) is 2.74. The van der Waals surface area contributed by atoms with Gasteiger partial charge in [-0.05, 0) is 59.0 Å². The Morgan fingerprint density at radius 2 is 1.95 bits per heavy atom. The van der Waals surface area contributed by atoms with Gasteiger partial charge in [-0.25, -0.2) is 4.98 Å². The Hall–Kier alpha value is -1.13. The molecule has 0 radical (unpaired) electrons. The molecular formula is C16H28N4. The van der Waals surface area contributed by atoms with Crippen molar-refractivity contribution >= 4 is 5.82 Å². The Balaban J connectivity index is 2.09. The summed E-state index contributed by atoms with van der Waals surface area (Å²) in [6.07, 6.45) is 3.93. The lowest BCUT2D eigenvalue weighted by Crippen LogP contribution is -2.56. The third-order valence-corrected chi connectivity index (χ3v) is 4.70. The van der Waals surface area contributed by atoms with Crippen LogP contribution in [0.15, 0.2) is 12.1 Å². The summed E-state index contributed by atoms with van der Waals surface area (Å²) in [4.78, 5) is 9.45. The summed E-state index contributed by atoms with van der Waals surface area (Å²) in [6.45, 7) is 4.03. The van der Waals surface area contributed by atoms with Crippen LogP contribution in [0.25, 0.3) is 0 Å². The molecule has 1 N–H and O–H groups in total.